The van der Waals surface area contributed by atoms with Crippen LogP contribution in [0.1, 0.15) is 51.0 Å². The van der Waals surface area contributed by atoms with Crippen LogP contribution >= 0.6 is 0 Å². The van der Waals surface area contributed by atoms with Crippen LogP contribution in [0.2, 0.25) is 0 Å². The second-order valence-corrected chi connectivity index (χ2v) is 10.1. The van der Waals surface area contributed by atoms with Crippen molar-refractivity contribution in [2.24, 2.45) is 16.8 Å². The molecule has 0 aromatic heterocycles. The maximum absolute atomic E-state index is 13.4. The maximum atomic E-state index is 13.4. The summed E-state index contributed by atoms with van der Waals surface area (Å²) < 4.78 is 0. The summed E-state index contributed by atoms with van der Waals surface area (Å²) >= 11 is 0. The van der Waals surface area contributed by atoms with Crippen LogP contribution in [0.15, 0.2) is 29.3 Å². The molecule has 8 heteroatoms. The number of benzene rings is 1. The topological polar surface area (TPSA) is 88.5 Å². The van der Waals surface area contributed by atoms with E-state index in [0.717, 1.165) is 68.9 Å². The first-order chi connectivity index (χ1) is 16.4. The van der Waals surface area contributed by atoms with Gasteiger partial charge in [0.25, 0.3) is 5.91 Å². The lowest BCUT2D eigenvalue weighted by Crippen LogP contribution is -2.50. The first kappa shape index (κ1) is 24.7. The lowest BCUT2D eigenvalue weighted by atomic mass is 9.91. The van der Waals surface area contributed by atoms with Gasteiger partial charge in [-0.3, -0.25) is 9.59 Å². The van der Waals surface area contributed by atoms with E-state index in [0.29, 0.717) is 18.8 Å². The number of anilines is 1. The summed E-state index contributed by atoms with van der Waals surface area (Å²) in [5.74, 6) is 0.197. The fourth-order valence-corrected chi connectivity index (χ4v) is 4.88. The second kappa shape index (κ2) is 10.9. The molecule has 2 fully saturated rings. The number of fused-ring (bicyclic) bond motifs is 1. The molecule has 1 saturated heterocycles. The Bertz CT molecular complexity index is 907. The highest BCUT2D eigenvalue weighted by atomic mass is 16.3. The molecule has 8 nitrogen and oxygen atoms in total. The van der Waals surface area contributed by atoms with Gasteiger partial charge in [0.05, 0.1) is 17.7 Å². The molecule has 4 rings (SSSR count). The number of aliphatic imine (C=N–C) groups is 1. The van der Waals surface area contributed by atoms with Crippen LogP contribution in [0.3, 0.4) is 0 Å². The van der Waals surface area contributed by atoms with Gasteiger partial charge >= 0.3 is 0 Å². The Kier molecular flexibility index (Phi) is 7.88. The van der Waals surface area contributed by atoms with Crippen molar-refractivity contribution in [3.63, 3.8) is 0 Å². The first-order valence-electron chi connectivity index (χ1n) is 12.8. The molecule has 1 aliphatic carbocycles. The van der Waals surface area contributed by atoms with E-state index in [9.17, 15) is 14.7 Å². The van der Waals surface area contributed by atoms with Gasteiger partial charge < -0.3 is 25.1 Å². The van der Waals surface area contributed by atoms with Crippen molar-refractivity contribution in [1.29, 1.82) is 0 Å². The Balaban J connectivity index is 1.61. The number of aliphatic hydroxyl groups excluding tert-OH is 1. The summed E-state index contributed by atoms with van der Waals surface area (Å²) in [5, 5.41) is 13.7. The molecule has 2 aliphatic heterocycles. The molecule has 2 amide bonds. The van der Waals surface area contributed by atoms with Crippen molar-refractivity contribution in [3.8, 4) is 0 Å². The molecule has 0 bridgehead atoms. The van der Waals surface area contributed by atoms with E-state index in [1.165, 1.54) is 0 Å². The van der Waals surface area contributed by atoms with Crippen LogP contribution in [-0.4, -0.2) is 85.1 Å². The summed E-state index contributed by atoms with van der Waals surface area (Å²) in [6.07, 6.45) is 3.62. The van der Waals surface area contributed by atoms with Gasteiger partial charge in [-0.05, 0) is 37.9 Å². The fourth-order valence-electron chi connectivity index (χ4n) is 4.88. The van der Waals surface area contributed by atoms with Gasteiger partial charge in [0.2, 0.25) is 12.1 Å². The Morgan fingerprint density at radius 1 is 1.18 bits per heavy atom. The first-order valence-corrected chi connectivity index (χ1v) is 12.8. The van der Waals surface area contributed by atoms with Crippen molar-refractivity contribution in [1.82, 2.24) is 15.1 Å². The zero-order chi connectivity index (χ0) is 24.2. The highest BCUT2D eigenvalue weighted by Crippen LogP contribution is 2.37. The van der Waals surface area contributed by atoms with Gasteiger partial charge in [-0.25, -0.2) is 4.99 Å². The van der Waals surface area contributed by atoms with E-state index in [1.54, 1.807) is 11.9 Å². The number of benzodiazepines with no additional fused rings is 1. The number of unbranched alkanes of at least 4 members (excludes halogenated alkanes) is 1. The number of nitrogens with zero attached hydrogens (tertiary/aromatic N) is 4. The van der Waals surface area contributed by atoms with Crippen molar-refractivity contribution in [2.75, 3.05) is 45.2 Å². The largest absolute Gasteiger partial charge is 0.392 e. The number of rotatable bonds is 8. The smallest absolute Gasteiger partial charge is 0.272 e. The number of carbonyl (C=O) groups excluding carboxylic acids is 2. The Hall–Kier alpha value is -2.45. The number of nitrogens with one attached hydrogen (secondary N) is 1. The number of para-hydroxylation sites is 1. The summed E-state index contributed by atoms with van der Waals surface area (Å²) in [6.45, 7) is 5.52. The molecule has 3 aliphatic rings. The summed E-state index contributed by atoms with van der Waals surface area (Å²) in [6, 6.07) is 7.79. The highest BCUT2D eigenvalue weighted by Gasteiger charge is 2.37. The highest BCUT2D eigenvalue weighted by molar-refractivity contribution is 6.12. The van der Waals surface area contributed by atoms with Crippen LogP contribution in [0.25, 0.3) is 0 Å². The maximum Gasteiger partial charge on any atom is 0.272 e. The van der Waals surface area contributed by atoms with E-state index in [2.05, 4.69) is 29.1 Å². The SMILES string of the molecule is CCCC[C@H](O)[C@@H](CC1CC1)C(=O)N[C@@H]1N=C(N2CCN(C)CC2)c2ccccc2N(C)C1=O. The van der Waals surface area contributed by atoms with Crippen molar-refractivity contribution >= 4 is 23.3 Å². The monoisotopic (exact) mass is 469 g/mol. The van der Waals surface area contributed by atoms with Gasteiger partial charge in [0, 0.05) is 38.8 Å². The third-order valence-corrected chi connectivity index (χ3v) is 7.34. The lowest BCUT2D eigenvalue weighted by molar-refractivity contribution is -0.133. The molecule has 1 aromatic carbocycles. The average Bonchev–Trinajstić information content (AvgIpc) is 3.68. The molecule has 3 atom stereocenters. The van der Waals surface area contributed by atoms with Crippen molar-refractivity contribution in [2.45, 2.75) is 57.7 Å². The van der Waals surface area contributed by atoms with E-state index in [1.807, 2.05) is 24.3 Å². The predicted octanol–water partition coefficient (Wildman–Crippen LogP) is 2.07. The minimum absolute atomic E-state index is 0.266. The molecular weight excluding hydrogens is 430 g/mol. The number of amides is 2. The molecule has 0 unspecified atom stereocenters. The molecular formula is C26H39N5O3. The molecule has 1 aromatic rings. The van der Waals surface area contributed by atoms with Gasteiger partial charge in [-0.1, -0.05) is 44.7 Å². The minimum atomic E-state index is -1.01. The van der Waals surface area contributed by atoms with E-state index in [4.69, 9.17) is 4.99 Å². The van der Waals surface area contributed by atoms with Crippen molar-refractivity contribution < 1.29 is 14.7 Å². The molecule has 34 heavy (non-hydrogen) atoms. The third-order valence-electron chi connectivity index (χ3n) is 7.34. The number of piperazine rings is 1. The Morgan fingerprint density at radius 2 is 1.88 bits per heavy atom. The minimum Gasteiger partial charge on any atom is -0.392 e. The van der Waals surface area contributed by atoms with Crippen LogP contribution in [0, 0.1) is 11.8 Å². The number of hydrogen-bond donors (Lipinski definition) is 2. The number of hydrogen-bond acceptors (Lipinski definition) is 6. The number of likely N-dealkylation sites (N-methyl/N-ethyl adjacent to an activating group) is 2. The van der Waals surface area contributed by atoms with Gasteiger partial charge in [0.15, 0.2) is 0 Å². The van der Waals surface area contributed by atoms with Gasteiger partial charge in [0.1, 0.15) is 5.84 Å². The van der Waals surface area contributed by atoms with E-state index in [-0.39, 0.29) is 11.8 Å². The van der Waals surface area contributed by atoms with E-state index >= 15 is 0 Å². The molecule has 0 radical (unpaired) electrons. The Morgan fingerprint density at radius 3 is 2.56 bits per heavy atom. The fraction of sp³-hybridized carbons (Fsp3) is 0.654. The molecule has 1 saturated carbocycles. The van der Waals surface area contributed by atoms with Crippen LogP contribution < -0.4 is 10.2 Å². The van der Waals surface area contributed by atoms with Crippen LogP contribution in [-0.2, 0) is 9.59 Å². The van der Waals surface area contributed by atoms with Crippen LogP contribution in [0.4, 0.5) is 5.69 Å². The molecule has 2 N–H and O–H groups in total. The second-order valence-electron chi connectivity index (χ2n) is 10.1. The van der Waals surface area contributed by atoms with Crippen molar-refractivity contribution in [3.05, 3.63) is 29.8 Å². The quantitative estimate of drug-likeness (QED) is 0.609. The summed E-state index contributed by atoms with van der Waals surface area (Å²) in [7, 11) is 3.84. The summed E-state index contributed by atoms with van der Waals surface area (Å²) in [4.78, 5) is 37.8. The molecule has 186 valence electrons. The Labute approximate surface area is 203 Å². The van der Waals surface area contributed by atoms with Gasteiger partial charge in [-0.2, -0.15) is 0 Å². The zero-order valence-electron chi connectivity index (χ0n) is 20.7. The number of amidine groups is 1. The third kappa shape index (κ3) is 5.61. The predicted molar refractivity (Wildman–Crippen MR) is 134 cm³/mol. The zero-order valence-corrected chi connectivity index (χ0v) is 20.7. The summed E-state index contributed by atoms with van der Waals surface area (Å²) in [5.41, 5.74) is 1.69. The number of aliphatic hydroxyl groups is 1. The lowest BCUT2D eigenvalue weighted by Gasteiger charge is -2.35. The standard InChI is InChI=1S/C26H39N5O3/c1-4-5-10-22(32)20(17-18-11-12-18)25(33)28-23-26(34)30(3)21-9-7-6-8-19(21)24(27-23)31-15-13-29(2)14-16-31/h6-9,18,20,22-23,32H,4-5,10-17H2,1-3H3,(H,28,33)/t20-,22+,23+/m1/s1. The van der Waals surface area contributed by atoms with Crippen LogP contribution in [0.5, 0.6) is 0 Å². The van der Waals surface area contributed by atoms with Gasteiger partial charge in [-0.15, -0.1) is 0 Å². The van der Waals surface area contributed by atoms with E-state index < -0.39 is 18.2 Å². The average molecular weight is 470 g/mol. The normalized spacial score (nSPS) is 23.1. The molecule has 2 heterocycles. The molecule has 0 spiro atoms. The number of carbonyl (C=O) groups is 2.